The van der Waals surface area contributed by atoms with Crippen LogP contribution in [0.3, 0.4) is 0 Å². The van der Waals surface area contributed by atoms with Gasteiger partial charge in [0.2, 0.25) is 0 Å². The number of imidazole rings is 1. The molecule has 2 aromatic carbocycles. The zero-order valence-corrected chi connectivity index (χ0v) is 18.0. The summed E-state index contributed by atoms with van der Waals surface area (Å²) in [6.45, 7) is 10.5. The van der Waals surface area contributed by atoms with Crippen molar-refractivity contribution in [2.75, 3.05) is 0 Å². The first-order valence-corrected chi connectivity index (χ1v) is 10.5. The van der Waals surface area contributed by atoms with E-state index >= 15 is 0 Å². The van der Waals surface area contributed by atoms with Crippen molar-refractivity contribution in [3.8, 4) is 5.69 Å². The molecule has 0 amide bonds. The minimum Gasteiger partial charge on any atom is -0.299 e. The third-order valence-corrected chi connectivity index (χ3v) is 4.94. The van der Waals surface area contributed by atoms with Gasteiger partial charge in [-0.2, -0.15) is 0 Å². The average molecular weight is 379 g/mol. The lowest BCUT2D eigenvalue weighted by Crippen LogP contribution is -1.94. The summed E-state index contributed by atoms with van der Waals surface area (Å²) < 4.78 is 2.05. The quantitative estimate of drug-likeness (QED) is 0.327. The number of nitrogens with zero attached hydrogens (tertiary/aromatic N) is 2. The van der Waals surface area contributed by atoms with Gasteiger partial charge in [0.1, 0.15) is 6.33 Å². The molecule has 0 unspecified atom stereocenters. The standard InChI is InChI=1S/C17H16N2O.C8H18/c1-3-13-5-4-6-15(9-13)19-11-18-16-10-14(12(2)20)7-8-17(16)19;1-4-5-6-7-8(2)3/h4-11H,3H2,1-2H3;8H,4-7H2,1-3H3. The monoisotopic (exact) mass is 378 g/mol. The van der Waals surface area contributed by atoms with Crippen LogP contribution in [0.1, 0.15) is 76.2 Å². The lowest BCUT2D eigenvalue weighted by Gasteiger charge is -2.06. The molecule has 0 atom stereocenters. The molecule has 0 saturated carbocycles. The van der Waals surface area contributed by atoms with Crippen LogP contribution in [-0.4, -0.2) is 15.3 Å². The summed E-state index contributed by atoms with van der Waals surface area (Å²) in [5.41, 5.74) is 4.96. The number of benzene rings is 2. The summed E-state index contributed by atoms with van der Waals surface area (Å²) in [7, 11) is 0. The number of aryl methyl sites for hydroxylation is 1. The van der Waals surface area contributed by atoms with Gasteiger partial charge >= 0.3 is 0 Å². The molecule has 0 aliphatic rings. The van der Waals surface area contributed by atoms with Gasteiger partial charge in [0.25, 0.3) is 0 Å². The van der Waals surface area contributed by atoms with E-state index in [4.69, 9.17) is 0 Å². The predicted molar refractivity (Wildman–Crippen MR) is 119 cm³/mol. The molecule has 1 aromatic heterocycles. The molecule has 28 heavy (non-hydrogen) atoms. The van der Waals surface area contributed by atoms with E-state index in [1.54, 1.807) is 6.92 Å². The van der Waals surface area contributed by atoms with Crippen molar-refractivity contribution < 1.29 is 4.79 Å². The predicted octanol–water partition coefficient (Wildman–Crippen LogP) is 7.01. The molecule has 150 valence electrons. The SMILES string of the molecule is CCCCCC(C)C.CCc1cccc(-n2cnc3cc(C(C)=O)ccc32)c1. The third-order valence-electron chi connectivity index (χ3n) is 4.94. The molecule has 0 bridgehead atoms. The van der Waals surface area contributed by atoms with E-state index in [-0.39, 0.29) is 5.78 Å². The van der Waals surface area contributed by atoms with Crippen LogP contribution in [0, 0.1) is 5.92 Å². The minimum absolute atomic E-state index is 0.0643. The number of rotatable bonds is 7. The van der Waals surface area contributed by atoms with Crippen LogP contribution in [0.2, 0.25) is 0 Å². The van der Waals surface area contributed by atoms with E-state index in [9.17, 15) is 4.79 Å². The van der Waals surface area contributed by atoms with Crippen LogP contribution in [0.4, 0.5) is 0 Å². The summed E-state index contributed by atoms with van der Waals surface area (Å²) in [5, 5.41) is 0. The molecule has 0 aliphatic carbocycles. The molecular formula is C25H34N2O. The van der Waals surface area contributed by atoms with Gasteiger partial charge in [0.05, 0.1) is 11.0 Å². The molecule has 0 aliphatic heterocycles. The van der Waals surface area contributed by atoms with Crippen molar-refractivity contribution in [1.82, 2.24) is 9.55 Å². The Bertz CT molecular complexity index is 892. The molecule has 0 radical (unpaired) electrons. The van der Waals surface area contributed by atoms with Crippen molar-refractivity contribution >= 4 is 16.8 Å². The second-order valence-electron chi connectivity index (χ2n) is 7.79. The first kappa shape index (κ1) is 21.9. The van der Waals surface area contributed by atoms with E-state index < -0.39 is 0 Å². The maximum atomic E-state index is 11.4. The van der Waals surface area contributed by atoms with E-state index in [0.717, 1.165) is 29.1 Å². The number of aromatic nitrogens is 2. The second-order valence-corrected chi connectivity index (χ2v) is 7.79. The van der Waals surface area contributed by atoms with Crippen LogP contribution in [0.15, 0.2) is 48.8 Å². The average Bonchev–Trinajstić information content (AvgIpc) is 3.11. The molecule has 3 heteroatoms. The fourth-order valence-electron chi connectivity index (χ4n) is 3.17. The van der Waals surface area contributed by atoms with Crippen molar-refractivity contribution in [3.63, 3.8) is 0 Å². The first-order chi connectivity index (χ1) is 13.5. The van der Waals surface area contributed by atoms with Crippen molar-refractivity contribution in [2.45, 2.75) is 66.7 Å². The number of unbranched alkanes of at least 4 members (excludes halogenated alkanes) is 2. The van der Waals surface area contributed by atoms with Gasteiger partial charge in [-0.25, -0.2) is 4.98 Å². The Hall–Kier alpha value is -2.42. The summed E-state index contributed by atoms with van der Waals surface area (Å²) in [6, 6.07) is 14.1. The Kier molecular flexibility index (Phi) is 8.43. The van der Waals surface area contributed by atoms with Gasteiger partial charge < -0.3 is 0 Å². The number of ketones is 1. The lowest BCUT2D eigenvalue weighted by molar-refractivity contribution is 0.101. The Morgan fingerprint density at radius 3 is 2.50 bits per heavy atom. The third kappa shape index (κ3) is 6.05. The Morgan fingerprint density at radius 1 is 1.07 bits per heavy atom. The topological polar surface area (TPSA) is 34.9 Å². The van der Waals surface area contributed by atoms with Crippen LogP contribution < -0.4 is 0 Å². The number of hydrogen-bond acceptors (Lipinski definition) is 2. The normalized spacial score (nSPS) is 10.8. The highest BCUT2D eigenvalue weighted by atomic mass is 16.1. The smallest absolute Gasteiger partial charge is 0.159 e. The number of carbonyl (C=O) groups is 1. The molecule has 0 fully saturated rings. The van der Waals surface area contributed by atoms with Gasteiger partial charge in [-0.1, -0.05) is 65.5 Å². The van der Waals surface area contributed by atoms with Gasteiger partial charge in [0.15, 0.2) is 5.78 Å². The fourth-order valence-corrected chi connectivity index (χ4v) is 3.17. The second kappa shape index (κ2) is 10.8. The number of Topliss-reactive ketones (excluding diaryl/α,β-unsaturated/α-hetero) is 1. The lowest BCUT2D eigenvalue weighted by atomic mass is 10.1. The summed E-state index contributed by atoms with van der Waals surface area (Å²) in [4.78, 5) is 15.8. The summed E-state index contributed by atoms with van der Waals surface area (Å²) in [5.74, 6) is 0.969. The zero-order chi connectivity index (χ0) is 20.5. The molecule has 0 saturated heterocycles. The van der Waals surface area contributed by atoms with Crippen molar-refractivity contribution in [3.05, 3.63) is 59.9 Å². The first-order valence-electron chi connectivity index (χ1n) is 10.5. The molecular weight excluding hydrogens is 344 g/mol. The van der Waals surface area contributed by atoms with Crippen LogP contribution in [0.25, 0.3) is 16.7 Å². The molecule has 0 N–H and O–H groups in total. The van der Waals surface area contributed by atoms with E-state index in [1.165, 1.54) is 31.2 Å². The number of fused-ring (bicyclic) bond motifs is 1. The highest BCUT2D eigenvalue weighted by Gasteiger charge is 2.07. The molecule has 3 rings (SSSR count). The van der Waals surface area contributed by atoms with Crippen molar-refractivity contribution in [2.24, 2.45) is 5.92 Å². The summed E-state index contributed by atoms with van der Waals surface area (Å²) >= 11 is 0. The van der Waals surface area contributed by atoms with Gasteiger partial charge in [-0.05, 0) is 55.2 Å². The minimum atomic E-state index is 0.0643. The maximum Gasteiger partial charge on any atom is 0.159 e. The van der Waals surface area contributed by atoms with Gasteiger partial charge in [-0.3, -0.25) is 9.36 Å². The fraction of sp³-hybridized carbons (Fsp3) is 0.440. The number of carbonyl (C=O) groups excluding carboxylic acids is 1. The zero-order valence-electron chi connectivity index (χ0n) is 18.0. The van der Waals surface area contributed by atoms with Crippen molar-refractivity contribution in [1.29, 1.82) is 0 Å². The molecule has 0 spiro atoms. The highest BCUT2D eigenvalue weighted by molar-refractivity contribution is 5.97. The molecule has 3 nitrogen and oxygen atoms in total. The maximum absolute atomic E-state index is 11.4. The summed E-state index contributed by atoms with van der Waals surface area (Å²) in [6.07, 6.45) is 8.42. The van der Waals surface area contributed by atoms with Gasteiger partial charge in [0, 0.05) is 11.3 Å². The highest BCUT2D eigenvalue weighted by Crippen LogP contribution is 2.20. The van der Waals surface area contributed by atoms with Crippen LogP contribution in [-0.2, 0) is 6.42 Å². The largest absolute Gasteiger partial charge is 0.299 e. The Labute approximate surface area is 169 Å². The molecule has 1 heterocycles. The van der Waals surface area contributed by atoms with E-state index in [2.05, 4.69) is 61.5 Å². The molecule has 3 aromatic rings. The van der Waals surface area contributed by atoms with Crippen LogP contribution >= 0.6 is 0 Å². The van der Waals surface area contributed by atoms with Gasteiger partial charge in [-0.15, -0.1) is 0 Å². The van der Waals surface area contributed by atoms with Crippen LogP contribution in [0.5, 0.6) is 0 Å². The van der Waals surface area contributed by atoms with E-state index in [0.29, 0.717) is 5.56 Å². The number of hydrogen-bond donors (Lipinski definition) is 0. The Balaban J connectivity index is 0.000000300. The Morgan fingerprint density at radius 2 is 1.86 bits per heavy atom. The van der Waals surface area contributed by atoms with E-state index in [1.807, 2.05) is 24.5 Å².